The van der Waals surface area contributed by atoms with Gasteiger partial charge in [-0.05, 0) is 49.7 Å². The molecule has 0 aliphatic heterocycles. The normalized spacial score (nSPS) is 10.6. The first-order chi connectivity index (χ1) is 10.5. The third kappa shape index (κ3) is 2.63. The third-order valence-corrected chi connectivity index (χ3v) is 3.57. The van der Waals surface area contributed by atoms with Crippen molar-refractivity contribution in [1.82, 2.24) is 4.98 Å². The second kappa shape index (κ2) is 5.48. The molecule has 4 heteroatoms. The average molecular weight is 292 g/mol. The summed E-state index contributed by atoms with van der Waals surface area (Å²) in [4.78, 5) is 15.5. The molecule has 3 rings (SSSR count). The van der Waals surface area contributed by atoms with E-state index in [0.29, 0.717) is 0 Å². The number of carboxylic acids is 1. The Morgan fingerprint density at radius 2 is 1.95 bits per heavy atom. The molecule has 0 amide bonds. The number of nitrogens with zero attached hydrogens (tertiary/aromatic N) is 1. The molecule has 0 spiro atoms. The van der Waals surface area contributed by atoms with E-state index < -0.39 is 5.97 Å². The van der Waals surface area contributed by atoms with Crippen LogP contribution in [0.15, 0.2) is 48.7 Å². The summed E-state index contributed by atoms with van der Waals surface area (Å²) in [5.74, 6) is -0.935. The van der Waals surface area contributed by atoms with Crippen LogP contribution in [0.2, 0.25) is 0 Å². The van der Waals surface area contributed by atoms with Crippen LogP contribution >= 0.6 is 0 Å². The molecule has 0 unspecified atom stereocenters. The highest BCUT2D eigenvalue weighted by atomic mass is 16.4. The molecule has 2 N–H and O–H groups in total. The van der Waals surface area contributed by atoms with E-state index in [1.165, 1.54) is 5.56 Å². The lowest BCUT2D eigenvalue weighted by molar-refractivity contribution is 0.0697. The molecular weight excluding hydrogens is 276 g/mol. The summed E-state index contributed by atoms with van der Waals surface area (Å²) >= 11 is 0. The van der Waals surface area contributed by atoms with Crippen LogP contribution in [-0.2, 0) is 0 Å². The van der Waals surface area contributed by atoms with Crippen LogP contribution in [0.4, 0.5) is 11.4 Å². The van der Waals surface area contributed by atoms with Crippen LogP contribution in [-0.4, -0.2) is 16.1 Å². The maximum atomic E-state index is 11.1. The summed E-state index contributed by atoms with van der Waals surface area (Å²) in [5.41, 5.74) is 5.16. The van der Waals surface area contributed by atoms with Crippen LogP contribution in [0.3, 0.4) is 0 Å². The smallest absolute Gasteiger partial charge is 0.335 e. The second-order valence-electron chi connectivity index (χ2n) is 5.35. The second-order valence-corrected chi connectivity index (χ2v) is 5.35. The lowest BCUT2D eigenvalue weighted by Gasteiger charge is -2.12. The van der Waals surface area contributed by atoms with Gasteiger partial charge in [0.15, 0.2) is 0 Å². The van der Waals surface area contributed by atoms with E-state index in [0.717, 1.165) is 27.8 Å². The molecule has 4 nitrogen and oxygen atoms in total. The Kier molecular flexibility index (Phi) is 3.51. The summed E-state index contributed by atoms with van der Waals surface area (Å²) in [6.45, 7) is 4.09. The number of carbonyl (C=O) groups is 1. The number of aromatic nitrogens is 1. The molecular formula is C18H16N2O2. The minimum absolute atomic E-state index is 0.260. The largest absolute Gasteiger partial charge is 0.478 e. The highest BCUT2D eigenvalue weighted by molar-refractivity contribution is 5.95. The van der Waals surface area contributed by atoms with Crippen molar-refractivity contribution in [3.05, 3.63) is 65.4 Å². The van der Waals surface area contributed by atoms with Crippen molar-refractivity contribution < 1.29 is 9.90 Å². The fourth-order valence-corrected chi connectivity index (χ4v) is 2.61. The lowest BCUT2D eigenvalue weighted by atomic mass is 10.1. The van der Waals surface area contributed by atoms with Crippen LogP contribution in [0, 0.1) is 13.8 Å². The Morgan fingerprint density at radius 1 is 1.14 bits per heavy atom. The van der Waals surface area contributed by atoms with Crippen molar-refractivity contribution in [2.75, 3.05) is 5.32 Å². The molecule has 0 bridgehead atoms. The number of benzene rings is 2. The van der Waals surface area contributed by atoms with E-state index in [-0.39, 0.29) is 5.56 Å². The number of fused-ring (bicyclic) bond motifs is 1. The van der Waals surface area contributed by atoms with E-state index in [2.05, 4.69) is 22.4 Å². The minimum Gasteiger partial charge on any atom is -0.478 e. The van der Waals surface area contributed by atoms with Gasteiger partial charge in [-0.2, -0.15) is 0 Å². The van der Waals surface area contributed by atoms with E-state index in [4.69, 9.17) is 5.11 Å². The molecule has 3 aromatic rings. The van der Waals surface area contributed by atoms with Crippen LogP contribution < -0.4 is 5.32 Å². The van der Waals surface area contributed by atoms with Crippen molar-refractivity contribution in [2.24, 2.45) is 0 Å². The first-order valence-electron chi connectivity index (χ1n) is 7.01. The van der Waals surface area contributed by atoms with Gasteiger partial charge in [0.2, 0.25) is 0 Å². The van der Waals surface area contributed by atoms with Gasteiger partial charge in [-0.15, -0.1) is 0 Å². The standard InChI is InChI=1S/C18H16N2O2/c1-11-8-12(2)17-15(9-11)16(6-7-19-17)20-14-5-3-4-13(10-14)18(21)22/h3-10H,1-2H3,(H,19,20)(H,21,22). The number of aryl methyl sites for hydroxylation is 2. The molecule has 0 saturated heterocycles. The zero-order chi connectivity index (χ0) is 15.7. The fourth-order valence-electron chi connectivity index (χ4n) is 2.61. The monoisotopic (exact) mass is 292 g/mol. The molecule has 1 aromatic heterocycles. The van der Waals surface area contributed by atoms with Crippen molar-refractivity contribution in [2.45, 2.75) is 13.8 Å². The Labute approximate surface area is 128 Å². The van der Waals surface area contributed by atoms with Crippen LogP contribution in [0.5, 0.6) is 0 Å². The molecule has 0 fully saturated rings. The summed E-state index contributed by atoms with van der Waals surface area (Å²) < 4.78 is 0. The lowest BCUT2D eigenvalue weighted by Crippen LogP contribution is -1.98. The number of pyridine rings is 1. The van der Waals surface area contributed by atoms with E-state index in [1.807, 2.05) is 26.0 Å². The number of anilines is 2. The first kappa shape index (κ1) is 14.1. The molecule has 2 aromatic carbocycles. The van der Waals surface area contributed by atoms with E-state index >= 15 is 0 Å². The molecule has 0 aliphatic carbocycles. The van der Waals surface area contributed by atoms with Gasteiger partial charge in [0.05, 0.1) is 11.1 Å². The Bertz CT molecular complexity index is 872. The Balaban J connectivity index is 2.08. The third-order valence-electron chi connectivity index (χ3n) is 3.57. The zero-order valence-electron chi connectivity index (χ0n) is 12.4. The number of rotatable bonds is 3. The molecule has 0 atom stereocenters. The predicted octanol–water partition coefficient (Wildman–Crippen LogP) is 4.29. The molecule has 0 aliphatic rings. The van der Waals surface area contributed by atoms with Gasteiger partial charge in [-0.1, -0.05) is 17.7 Å². The van der Waals surface area contributed by atoms with Gasteiger partial charge in [0.1, 0.15) is 0 Å². The quantitative estimate of drug-likeness (QED) is 0.755. The fraction of sp³-hybridized carbons (Fsp3) is 0.111. The van der Waals surface area contributed by atoms with Crippen molar-refractivity contribution in [1.29, 1.82) is 0 Å². The van der Waals surface area contributed by atoms with Gasteiger partial charge in [-0.25, -0.2) is 4.79 Å². The molecule has 0 radical (unpaired) electrons. The number of hydrogen-bond donors (Lipinski definition) is 2. The van der Waals surface area contributed by atoms with Gasteiger partial charge in [-0.3, -0.25) is 4.98 Å². The molecule has 110 valence electrons. The van der Waals surface area contributed by atoms with Crippen LogP contribution in [0.25, 0.3) is 10.9 Å². The number of nitrogens with one attached hydrogen (secondary N) is 1. The maximum absolute atomic E-state index is 11.1. The minimum atomic E-state index is -0.935. The zero-order valence-corrected chi connectivity index (χ0v) is 12.4. The van der Waals surface area contributed by atoms with Gasteiger partial charge < -0.3 is 10.4 Å². The summed E-state index contributed by atoms with van der Waals surface area (Å²) in [5, 5.41) is 13.4. The first-order valence-corrected chi connectivity index (χ1v) is 7.01. The Hall–Kier alpha value is -2.88. The number of carboxylic acid groups (broad SMARTS) is 1. The highest BCUT2D eigenvalue weighted by Gasteiger charge is 2.07. The average Bonchev–Trinajstić information content (AvgIpc) is 2.48. The number of hydrogen-bond acceptors (Lipinski definition) is 3. The predicted molar refractivity (Wildman–Crippen MR) is 87.9 cm³/mol. The molecule has 22 heavy (non-hydrogen) atoms. The van der Waals surface area contributed by atoms with E-state index in [1.54, 1.807) is 24.4 Å². The van der Waals surface area contributed by atoms with Gasteiger partial charge >= 0.3 is 5.97 Å². The topological polar surface area (TPSA) is 62.2 Å². The SMILES string of the molecule is Cc1cc(C)c2nccc(Nc3cccc(C(=O)O)c3)c2c1. The summed E-state index contributed by atoms with van der Waals surface area (Å²) in [6, 6.07) is 12.9. The number of aromatic carboxylic acids is 1. The Morgan fingerprint density at radius 3 is 2.73 bits per heavy atom. The van der Waals surface area contributed by atoms with Gasteiger partial charge in [0.25, 0.3) is 0 Å². The summed E-state index contributed by atoms with van der Waals surface area (Å²) in [6.07, 6.45) is 1.76. The summed E-state index contributed by atoms with van der Waals surface area (Å²) in [7, 11) is 0. The van der Waals surface area contributed by atoms with Crippen molar-refractivity contribution >= 4 is 28.2 Å². The molecule has 0 saturated carbocycles. The van der Waals surface area contributed by atoms with Gasteiger partial charge in [0, 0.05) is 23.0 Å². The molecule has 1 heterocycles. The van der Waals surface area contributed by atoms with Crippen molar-refractivity contribution in [3.8, 4) is 0 Å². The highest BCUT2D eigenvalue weighted by Crippen LogP contribution is 2.28. The maximum Gasteiger partial charge on any atom is 0.335 e. The van der Waals surface area contributed by atoms with Crippen LogP contribution in [0.1, 0.15) is 21.5 Å². The van der Waals surface area contributed by atoms with Crippen molar-refractivity contribution in [3.63, 3.8) is 0 Å². The van der Waals surface area contributed by atoms with E-state index in [9.17, 15) is 4.79 Å².